The van der Waals surface area contributed by atoms with Gasteiger partial charge in [-0.2, -0.15) is 0 Å². The van der Waals surface area contributed by atoms with Crippen molar-refractivity contribution in [1.29, 1.82) is 0 Å². The maximum atomic E-state index is 13.7. The molecule has 1 fully saturated rings. The molecule has 5 heteroatoms. The van der Waals surface area contributed by atoms with Gasteiger partial charge >= 0.3 is 0 Å². The number of piperazine rings is 1. The molecule has 1 aromatic heterocycles. The second kappa shape index (κ2) is 7.62. The number of rotatable bonds is 3. The van der Waals surface area contributed by atoms with E-state index in [1.165, 1.54) is 0 Å². The summed E-state index contributed by atoms with van der Waals surface area (Å²) in [5.41, 5.74) is 6.41. The lowest BCUT2D eigenvalue weighted by Crippen LogP contribution is -2.62. The van der Waals surface area contributed by atoms with E-state index in [-0.39, 0.29) is 24.4 Å². The number of aryl methyl sites for hydroxylation is 1. The van der Waals surface area contributed by atoms with Crippen LogP contribution in [-0.2, 0) is 22.6 Å². The number of aromatic amines is 1. The van der Waals surface area contributed by atoms with Crippen LogP contribution in [-0.4, -0.2) is 39.2 Å². The number of para-hydroxylation sites is 1. The fourth-order valence-corrected chi connectivity index (χ4v) is 5.45. The molecule has 5 nitrogen and oxygen atoms in total. The molecule has 2 atom stereocenters. The van der Waals surface area contributed by atoms with Gasteiger partial charge in [0.05, 0.1) is 6.04 Å². The number of nitrogens with zero attached hydrogens (tertiary/aromatic N) is 2. The number of nitrogens with one attached hydrogen (secondary N) is 1. The monoisotopic (exact) mass is 435 g/mol. The number of benzene rings is 3. The Morgan fingerprint density at radius 3 is 2.55 bits per heavy atom. The van der Waals surface area contributed by atoms with E-state index in [1.54, 1.807) is 4.90 Å². The number of H-pyrrole nitrogens is 1. The lowest BCUT2D eigenvalue weighted by Gasteiger charge is -2.47. The van der Waals surface area contributed by atoms with Crippen LogP contribution in [0.4, 0.5) is 0 Å². The van der Waals surface area contributed by atoms with Crippen molar-refractivity contribution >= 4 is 22.7 Å². The van der Waals surface area contributed by atoms with Gasteiger partial charge in [0.25, 0.3) is 0 Å². The zero-order valence-electron chi connectivity index (χ0n) is 18.5. The van der Waals surface area contributed by atoms with Crippen LogP contribution in [0.2, 0.25) is 0 Å². The highest BCUT2D eigenvalue weighted by molar-refractivity contribution is 5.97. The van der Waals surface area contributed by atoms with Gasteiger partial charge in [-0.1, -0.05) is 78.4 Å². The van der Waals surface area contributed by atoms with Gasteiger partial charge in [-0.15, -0.1) is 0 Å². The molecule has 2 amide bonds. The zero-order valence-corrected chi connectivity index (χ0v) is 18.5. The highest BCUT2D eigenvalue weighted by Gasteiger charge is 2.48. The van der Waals surface area contributed by atoms with Crippen LogP contribution in [0.3, 0.4) is 0 Å². The van der Waals surface area contributed by atoms with Gasteiger partial charge in [-0.25, -0.2) is 0 Å². The lowest BCUT2D eigenvalue weighted by molar-refractivity contribution is -0.159. The Kier molecular flexibility index (Phi) is 4.57. The van der Waals surface area contributed by atoms with E-state index < -0.39 is 6.04 Å². The van der Waals surface area contributed by atoms with Crippen LogP contribution < -0.4 is 0 Å². The highest BCUT2D eigenvalue weighted by atomic mass is 16.2. The van der Waals surface area contributed by atoms with Gasteiger partial charge in [-0.05, 0) is 29.7 Å². The Bertz CT molecular complexity index is 1370. The van der Waals surface area contributed by atoms with Crippen molar-refractivity contribution in [3.05, 3.63) is 107 Å². The average Bonchev–Trinajstić information content (AvgIpc) is 3.20. The lowest BCUT2D eigenvalue weighted by atomic mass is 9.86. The molecule has 4 aromatic rings. The molecule has 0 radical (unpaired) electrons. The number of aromatic nitrogens is 1. The summed E-state index contributed by atoms with van der Waals surface area (Å²) < 4.78 is 0. The Hall–Kier alpha value is -3.86. The van der Waals surface area contributed by atoms with Gasteiger partial charge in [0.1, 0.15) is 12.6 Å². The molecule has 33 heavy (non-hydrogen) atoms. The Labute approximate surface area is 192 Å². The van der Waals surface area contributed by atoms with E-state index in [1.807, 2.05) is 53.4 Å². The van der Waals surface area contributed by atoms with Crippen LogP contribution in [0, 0.1) is 6.92 Å². The third-order valence-corrected chi connectivity index (χ3v) is 6.92. The van der Waals surface area contributed by atoms with Crippen molar-refractivity contribution in [3.63, 3.8) is 0 Å². The second-order valence-electron chi connectivity index (χ2n) is 9.08. The Morgan fingerprint density at radius 2 is 1.73 bits per heavy atom. The molecule has 0 bridgehead atoms. The summed E-state index contributed by atoms with van der Waals surface area (Å²) in [5.74, 6) is 0.0124. The molecule has 0 aliphatic carbocycles. The Morgan fingerprint density at radius 1 is 0.939 bits per heavy atom. The number of hydrogen-bond acceptors (Lipinski definition) is 2. The van der Waals surface area contributed by atoms with Gasteiger partial charge in [0.2, 0.25) is 11.8 Å². The minimum Gasteiger partial charge on any atom is -0.356 e. The van der Waals surface area contributed by atoms with Crippen LogP contribution in [0.1, 0.15) is 34.0 Å². The molecule has 1 N–H and O–H groups in total. The molecule has 1 saturated heterocycles. The summed E-state index contributed by atoms with van der Waals surface area (Å²) in [6.45, 7) is 2.61. The topological polar surface area (TPSA) is 56.4 Å². The summed E-state index contributed by atoms with van der Waals surface area (Å²) in [4.78, 5) is 34.5. The fraction of sp³-hybridized carbons (Fsp3) is 0.214. The molecule has 164 valence electrons. The molecule has 2 aliphatic rings. The summed E-state index contributed by atoms with van der Waals surface area (Å²) in [6.07, 6.45) is 0.525. The molecule has 3 aromatic carbocycles. The maximum Gasteiger partial charge on any atom is 0.246 e. The largest absolute Gasteiger partial charge is 0.356 e. The first kappa shape index (κ1) is 19.8. The SMILES string of the molecule is Cc1cccc(C2c3[nH]c4ccccc4c3C[C@H]3C(=O)N(Cc4ccccc4)CC(=O)N23)c1. The molecule has 2 aliphatic heterocycles. The van der Waals surface area contributed by atoms with E-state index in [0.29, 0.717) is 13.0 Å². The van der Waals surface area contributed by atoms with Crippen molar-refractivity contribution in [2.24, 2.45) is 0 Å². The van der Waals surface area contributed by atoms with Crippen LogP contribution in [0.15, 0.2) is 78.9 Å². The van der Waals surface area contributed by atoms with Crippen molar-refractivity contribution in [2.75, 3.05) is 6.54 Å². The van der Waals surface area contributed by atoms with Crippen molar-refractivity contribution in [2.45, 2.75) is 32.0 Å². The maximum absolute atomic E-state index is 13.7. The van der Waals surface area contributed by atoms with Crippen LogP contribution in [0.25, 0.3) is 10.9 Å². The summed E-state index contributed by atoms with van der Waals surface area (Å²) in [6, 6.07) is 25.5. The van der Waals surface area contributed by atoms with E-state index in [2.05, 4.69) is 42.2 Å². The van der Waals surface area contributed by atoms with Gasteiger partial charge < -0.3 is 14.8 Å². The average molecular weight is 436 g/mol. The standard InChI is InChI=1S/C28H25N3O2/c1-18-8-7-11-20(14-18)27-26-22(21-12-5-6-13-23(21)29-26)15-24-28(33)30(17-25(32)31(24)27)16-19-9-3-2-4-10-19/h2-14,24,27,29H,15-17H2,1H3/t24-,27?/m0/s1. The molecule has 1 unspecified atom stereocenters. The summed E-state index contributed by atoms with van der Waals surface area (Å²) in [7, 11) is 0. The van der Waals surface area contributed by atoms with Crippen molar-refractivity contribution in [1.82, 2.24) is 14.8 Å². The highest BCUT2D eigenvalue weighted by Crippen LogP contribution is 2.42. The van der Waals surface area contributed by atoms with E-state index >= 15 is 0 Å². The number of carbonyl (C=O) groups excluding carboxylic acids is 2. The Balaban J connectivity index is 1.47. The molecule has 0 saturated carbocycles. The second-order valence-corrected chi connectivity index (χ2v) is 9.08. The summed E-state index contributed by atoms with van der Waals surface area (Å²) in [5, 5.41) is 1.13. The quantitative estimate of drug-likeness (QED) is 0.520. The van der Waals surface area contributed by atoms with Crippen LogP contribution >= 0.6 is 0 Å². The smallest absolute Gasteiger partial charge is 0.246 e. The molecule has 3 heterocycles. The number of carbonyl (C=O) groups is 2. The molecule has 0 spiro atoms. The third-order valence-electron chi connectivity index (χ3n) is 6.92. The molecular formula is C28H25N3O2. The number of amides is 2. The minimum atomic E-state index is -0.507. The van der Waals surface area contributed by atoms with Crippen LogP contribution in [0.5, 0.6) is 0 Å². The fourth-order valence-electron chi connectivity index (χ4n) is 5.45. The van der Waals surface area contributed by atoms with Gasteiger partial charge in [0, 0.05) is 29.6 Å². The van der Waals surface area contributed by atoms with Crippen molar-refractivity contribution < 1.29 is 9.59 Å². The normalized spacial score (nSPS) is 20.2. The predicted molar refractivity (Wildman–Crippen MR) is 128 cm³/mol. The number of fused-ring (bicyclic) bond motifs is 4. The first-order chi connectivity index (χ1) is 16.1. The summed E-state index contributed by atoms with van der Waals surface area (Å²) >= 11 is 0. The molecular weight excluding hydrogens is 410 g/mol. The first-order valence-corrected chi connectivity index (χ1v) is 11.4. The number of hydrogen-bond donors (Lipinski definition) is 1. The van der Waals surface area contributed by atoms with Crippen molar-refractivity contribution in [3.8, 4) is 0 Å². The third kappa shape index (κ3) is 3.23. The zero-order chi connectivity index (χ0) is 22.5. The van der Waals surface area contributed by atoms with Gasteiger partial charge in [0.15, 0.2) is 0 Å². The predicted octanol–water partition coefficient (Wildman–Crippen LogP) is 4.36. The minimum absolute atomic E-state index is 0.00802. The van der Waals surface area contributed by atoms with E-state index in [4.69, 9.17) is 0 Å². The van der Waals surface area contributed by atoms with E-state index in [0.717, 1.165) is 38.9 Å². The van der Waals surface area contributed by atoms with E-state index in [9.17, 15) is 9.59 Å². The first-order valence-electron chi connectivity index (χ1n) is 11.4. The molecule has 6 rings (SSSR count). The van der Waals surface area contributed by atoms with Gasteiger partial charge in [-0.3, -0.25) is 9.59 Å².